The van der Waals surface area contributed by atoms with Crippen LogP contribution in [0, 0.1) is 0 Å². The fraction of sp³-hybridized carbons (Fsp3) is 0. The van der Waals surface area contributed by atoms with Gasteiger partial charge in [0.25, 0.3) is 5.56 Å². The largest absolute Gasteiger partial charge is 0.350 e. The van der Waals surface area contributed by atoms with Gasteiger partial charge in [-0.3, -0.25) is 4.79 Å². The molecule has 0 fully saturated rings. The molecule has 0 unspecified atom stereocenters. The Morgan fingerprint density at radius 3 is 3.00 bits per heavy atom. The Hall–Kier alpha value is -1.69. The lowest BCUT2D eigenvalue weighted by Crippen LogP contribution is -2.26. The molecule has 0 saturated heterocycles. The van der Waals surface area contributed by atoms with Gasteiger partial charge in [-0.25, -0.2) is 9.78 Å². The summed E-state index contributed by atoms with van der Waals surface area (Å²) in [5.74, 6) is 0. The SMILES string of the molecule is NC(=O)n1sc2ncccc2c1=O. The highest BCUT2D eigenvalue weighted by Crippen LogP contribution is 2.11. The third kappa shape index (κ3) is 1.11. The molecule has 66 valence electrons. The lowest BCUT2D eigenvalue weighted by molar-refractivity contribution is 0.252. The zero-order chi connectivity index (χ0) is 9.42. The van der Waals surface area contributed by atoms with Crippen LogP contribution in [0.15, 0.2) is 23.1 Å². The van der Waals surface area contributed by atoms with Crippen LogP contribution in [-0.2, 0) is 0 Å². The number of hydrogen-bond donors (Lipinski definition) is 1. The quantitative estimate of drug-likeness (QED) is 0.660. The molecule has 0 aromatic carbocycles. The van der Waals surface area contributed by atoms with E-state index in [1.54, 1.807) is 18.3 Å². The molecule has 2 N–H and O–H groups in total. The summed E-state index contributed by atoms with van der Waals surface area (Å²) in [7, 11) is 0. The molecule has 2 rings (SSSR count). The van der Waals surface area contributed by atoms with Gasteiger partial charge >= 0.3 is 6.03 Å². The first kappa shape index (κ1) is 7.93. The first-order chi connectivity index (χ1) is 6.20. The minimum atomic E-state index is -0.770. The van der Waals surface area contributed by atoms with E-state index < -0.39 is 11.6 Å². The summed E-state index contributed by atoms with van der Waals surface area (Å²) >= 11 is 0.951. The van der Waals surface area contributed by atoms with Crippen molar-refractivity contribution in [3.63, 3.8) is 0 Å². The van der Waals surface area contributed by atoms with E-state index in [2.05, 4.69) is 4.98 Å². The maximum Gasteiger partial charge on any atom is 0.335 e. The normalized spacial score (nSPS) is 10.5. The maximum atomic E-state index is 11.4. The van der Waals surface area contributed by atoms with Gasteiger partial charge < -0.3 is 5.73 Å². The average Bonchev–Trinajstić information content (AvgIpc) is 2.45. The molecule has 1 amide bonds. The Labute approximate surface area is 76.6 Å². The summed E-state index contributed by atoms with van der Waals surface area (Å²) in [5, 5.41) is 0.423. The molecule has 2 heterocycles. The van der Waals surface area contributed by atoms with Gasteiger partial charge in [0.05, 0.1) is 5.39 Å². The highest BCUT2D eigenvalue weighted by Gasteiger charge is 2.10. The Morgan fingerprint density at radius 1 is 1.62 bits per heavy atom. The van der Waals surface area contributed by atoms with Crippen LogP contribution in [-0.4, -0.2) is 15.0 Å². The van der Waals surface area contributed by atoms with Crippen LogP contribution in [0.2, 0.25) is 0 Å². The summed E-state index contributed by atoms with van der Waals surface area (Å²) < 4.78 is 0.887. The topological polar surface area (TPSA) is 78.0 Å². The molecule has 5 nitrogen and oxygen atoms in total. The lowest BCUT2D eigenvalue weighted by atomic mass is 10.4. The number of aromatic nitrogens is 2. The number of rotatable bonds is 0. The summed E-state index contributed by atoms with van der Waals surface area (Å²) in [5.41, 5.74) is 4.58. The van der Waals surface area contributed by atoms with Gasteiger partial charge in [-0.15, -0.1) is 0 Å². The number of carbonyl (C=O) groups is 1. The summed E-state index contributed by atoms with van der Waals surface area (Å²) in [6, 6.07) is 2.48. The molecular formula is C7H5N3O2S. The van der Waals surface area contributed by atoms with Crippen molar-refractivity contribution in [3.05, 3.63) is 28.7 Å². The summed E-state index contributed by atoms with van der Waals surface area (Å²) in [4.78, 5) is 26.6. The molecule has 0 aliphatic heterocycles. The molecule has 0 bridgehead atoms. The Bertz CT molecular complexity index is 528. The van der Waals surface area contributed by atoms with E-state index in [9.17, 15) is 9.59 Å². The van der Waals surface area contributed by atoms with Crippen molar-refractivity contribution in [2.24, 2.45) is 5.73 Å². The van der Waals surface area contributed by atoms with E-state index in [0.717, 1.165) is 15.5 Å². The second-order valence-corrected chi connectivity index (χ2v) is 3.32. The number of carbonyl (C=O) groups excluding carboxylic acids is 1. The van der Waals surface area contributed by atoms with E-state index in [1.807, 2.05) is 0 Å². The second kappa shape index (κ2) is 2.67. The minimum Gasteiger partial charge on any atom is -0.350 e. The average molecular weight is 195 g/mol. The number of nitrogens with zero attached hydrogens (tertiary/aromatic N) is 2. The lowest BCUT2D eigenvalue weighted by Gasteiger charge is -1.86. The van der Waals surface area contributed by atoms with Gasteiger partial charge in [0.15, 0.2) is 0 Å². The van der Waals surface area contributed by atoms with Crippen molar-refractivity contribution >= 4 is 27.8 Å². The Kier molecular flexibility index (Phi) is 1.63. The number of nitrogens with two attached hydrogens (primary N) is 1. The smallest absolute Gasteiger partial charge is 0.335 e. The minimum absolute atomic E-state index is 0.402. The van der Waals surface area contributed by atoms with E-state index >= 15 is 0 Å². The van der Waals surface area contributed by atoms with Crippen LogP contribution in [0.4, 0.5) is 4.79 Å². The predicted molar refractivity (Wildman–Crippen MR) is 48.9 cm³/mol. The molecule has 0 radical (unpaired) electrons. The molecule has 0 atom stereocenters. The standard InChI is InChI=1S/C7H5N3O2S/c8-7(12)10-6(11)4-2-1-3-9-5(4)13-10/h1-3H,(H2,8,12). The van der Waals surface area contributed by atoms with Crippen molar-refractivity contribution in [2.45, 2.75) is 0 Å². The van der Waals surface area contributed by atoms with E-state index in [-0.39, 0.29) is 0 Å². The zero-order valence-electron chi connectivity index (χ0n) is 6.43. The van der Waals surface area contributed by atoms with Crippen molar-refractivity contribution < 1.29 is 4.79 Å². The van der Waals surface area contributed by atoms with Gasteiger partial charge in [0, 0.05) is 6.20 Å². The molecular weight excluding hydrogens is 190 g/mol. The predicted octanol–water partition coefficient (Wildman–Crippen LogP) is 0.385. The highest BCUT2D eigenvalue weighted by molar-refractivity contribution is 7.14. The molecule has 0 spiro atoms. The van der Waals surface area contributed by atoms with Crippen molar-refractivity contribution in [2.75, 3.05) is 0 Å². The van der Waals surface area contributed by atoms with Crippen LogP contribution in [0.1, 0.15) is 0 Å². The molecule has 6 heteroatoms. The van der Waals surface area contributed by atoms with Crippen LogP contribution < -0.4 is 11.3 Å². The fourth-order valence-corrected chi connectivity index (χ4v) is 1.81. The van der Waals surface area contributed by atoms with Crippen LogP contribution in [0.5, 0.6) is 0 Å². The van der Waals surface area contributed by atoms with E-state index in [1.165, 1.54) is 0 Å². The van der Waals surface area contributed by atoms with Gasteiger partial charge in [-0.1, -0.05) is 0 Å². The number of fused-ring (bicyclic) bond motifs is 1. The van der Waals surface area contributed by atoms with E-state index in [0.29, 0.717) is 10.2 Å². The first-order valence-electron chi connectivity index (χ1n) is 3.47. The van der Waals surface area contributed by atoms with Gasteiger partial charge in [0.1, 0.15) is 4.83 Å². The van der Waals surface area contributed by atoms with Crippen LogP contribution >= 0.6 is 11.5 Å². The maximum absolute atomic E-state index is 11.4. The molecule has 0 aliphatic carbocycles. The molecule has 2 aromatic rings. The molecule has 0 saturated carbocycles. The van der Waals surface area contributed by atoms with Crippen molar-refractivity contribution in [3.8, 4) is 0 Å². The Balaban J connectivity index is 2.90. The van der Waals surface area contributed by atoms with Gasteiger partial charge in [-0.05, 0) is 23.7 Å². The second-order valence-electron chi connectivity index (χ2n) is 2.39. The third-order valence-corrected chi connectivity index (χ3v) is 2.59. The zero-order valence-corrected chi connectivity index (χ0v) is 7.25. The Morgan fingerprint density at radius 2 is 2.38 bits per heavy atom. The highest BCUT2D eigenvalue weighted by atomic mass is 32.1. The van der Waals surface area contributed by atoms with Gasteiger partial charge in [-0.2, -0.15) is 3.96 Å². The van der Waals surface area contributed by atoms with Crippen LogP contribution in [0.3, 0.4) is 0 Å². The monoisotopic (exact) mass is 195 g/mol. The fourth-order valence-electron chi connectivity index (χ4n) is 1.01. The van der Waals surface area contributed by atoms with E-state index in [4.69, 9.17) is 5.73 Å². The molecule has 13 heavy (non-hydrogen) atoms. The number of hydrogen-bond acceptors (Lipinski definition) is 4. The first-order valence-corrected chi connectivity index (χ1v) is 4.24. The third-order valence-electron chi connectivity index (χ3n) is 1.56. The number of primary amides is 1. The van der Waals surface area contributed by atoms with Crippen molar-refractivity contribution in [1.29, 1.82) is 0 Å². The molecule has 2 aromatic heterocycles. The molecule has 0 aliphatic rings. The van der Waals surface area contributed by atoms with Crippen molar-refractivity contribution in [1.82, 2.24) is 8.94 Å². The van der Waals surface area contributed by atoms with Crippen LogP contribution in [0.25, 0.3) is 10.2 Å². The van der Waals surface area contributed by atoms with Gasteiger partial charge in [0.2, 0.25) is 0 Å². The summed E-state index contributed by atoms with van der Waals surface area (Å²) in [6.07, 6.45) is 1.56. The number of amides is 1. The summed E-state index contributed by atoms with van der Waals surface area (Å²) in [6.45, 7) is 0. The number of pyridine rings is 1.